The second-order valence-corrected chi connectivity index (χ2v) is 8.80. The molecule has 1 aromatic carbocycles. The fourth-order valence-electron chi connectivity index (χ4n) is 4.81. The third-order valence-electron chi connectivity index (χ3n) is 6.48. The molecule has 6 nitrogen and oxygen atoms in total. The molecule has 27 heavy (non-hydrogen) atoms. The standard InChI is InChI=1S/C20H26N4O2S/c1-26-15-6-9-24(11-15)14-2-3-16-17(10-14)22-27-19(16)20(25)21-18-12-23-7-4-13(18)5-8-23/h2-3,10,13,15,18H,4-9,11-12H2,1H3,(H,21,25)/t15-,18?/m0/s1. The number of carbonyl (C=O) groups excluding carboxylic acids is 1. The highest BCUT2D eigenvalue weighted by molar-refractivity contribution is 7.09. The van der Waals surface area contributed by atoms with Gasteiger partial charge in [0.25, 0.3) is 5.91 Å². The number of anilines is 1. The number of benzene rings is 1. The van der Waals surface area contributed by atoms with E-state index in [1.165, 1.54) is 37.5 Å². The van der Waals surface area contributed by atoms with E-state index in [9.17, 15) is 4.79 Å². The summed E-state index contributed by atoms with van der Waals surface area (Å²) in [7, 11) is 1.78. The van der Waals surface area contributed by atoms with Gasteiger partial charge in [-0.15, -0.1) is 0 Å². The molecule has 5 heterocycles. The highest BCUT2D eigenvalue weighted by Gasteiger charge is 2.35. The zero-order chi connectivity index (χ0) is 18.4. The van der Waals surface area contributed by atoms with Gasteiger partial charge in [0.15, 0.2) is 0 Å². The van der Waals surface area contributed by atoms with Crippen molar-refractivity contribution in [2.45, 2.75) is 31.4 Å². The molecule has 0 spiro atoms. The van der Waals surface area contributed by atoms with Crippen molar-refractivity contribution >= 4 is 34.0 Å². The van der Waals surface area contributed by atoms with E-state index in [2.05, 4.69) is 37.7 Å². The Morgan fingerprint density at radius 3 is 2.78 bits per heavy atom. The van der Waals surface area contributed by atoms with Gasteiger partial charge in [0, 0.05) is 43.9 Å². The van der Waals surface area contributed by atoms with E-state index in [-0.39, 0.29) is 11.9 Å². The molecule has 2 bridgehead atoms. The number of hydrogen-bond acceptors (Lipinski definition) is 6. The molecule has 1 N–H and O–H groups in total. The fourth-order valence-corrected chi connectivity index (χ4v) is 5.56. The Morgan fingerprint density at radius 1 is 1.22 bits per heavy atom. The lowest BCUT2D eigenvalue weighted by Crippen LogP contribution is -2.57. The number of fused-ring (bicyclic) bond motifs is 4. The number of carbonyl (C=O) groups is 1. The third kappa shape index (κ3) is 3.22. The summed E-state index contributed by atoms with van der Waals surface area (Å²) < 4.78 is 10.0. The number of nitrogens with zero attached hydrogens (tertiary/aromatic N) is 3. The SMILES string of the molecule is CO[C@H]1CCN(c2ccc3c(C(=O)NC4CN5CCC4CC5)snc3c2)C1. The van der Waals surface area contributed by atoms with Crippen LogP contribution in [0.3, 0.4) is 0 Å². The highest BCUT2D eigenvalue weighted by atomic mass is 32.1. The fraction of sp³-hybridized carbons (Fsp3) is 0.600. The molecule has 6 rings (SSSR count). The van der Waals surface area contributed by atoms with Crippen LogP contribution in [0.4, 0.5) is 5.69 Å². The van der Waals surface area contributed by atoms with Crippen LogP contribution in [0.25, 0.3) is 10.9 Å². The van der Waals surface area contributed by atoms with Gasteiger partial charge in [0.1, 0.15) is 4.88 Å². The zero-order valence-electron chi connectivity index (χ0n) is 15.7. The zero-order valence-corrected chi connectivity index (χ0v) is 16.5. The van der Waals surface area contributed by atoms with Crippen LogP contribution in [0.15, 0.2) is 18.2 Å². The van der Waals surface area contributed by atoms with Crippen LogP contribution in [-0.4, -0.2) is 67.2 Å². The predicted molar refractivity (Wildman–Crippen MR) is 108 cm³/mol. The largest absolute Gasteiger partial charge is 0.380 e. The summed E-state index contributed by atoms with van der Waals surface area (Å²) in [6.45, 7) is 5.28. The molecule has 4 aliphatic rings. The lowest BCUT2D eigenvalue weighted by atomic mass is 9.84. The number of hydrogen-bond donors (Lipinski definition) is 1. The maximum Gasteiger partial charge on any atom is 0.263 e. The first kappa shape index (κ1) is 17.4. The lowest BCUT2D eigenvalue weighted by Gasteiger charge is -2.44. The summed E-state index contributed by atoms with van der Waals surface area (Å²) in [5.74, 6) is 0.670. The molecular formula is C20H26N4O2S. The van der Waals surface area contributed by atoms with E-state index in [1.54, 1.807) is 7.11 Å². The normalized spacial score (nSPS) is 30.2. The molecule has 4 fully saturated rings. The van der Waals surface area contributed by atoms with Gasteiger partial charge in [-0.3, -0.25) is 4.79 Å². The Morgan fingerprint density at radius 2 is 2.07 bits per heavy atom. The minimum Gasteiger partial charge on any atom is -0.380 e. The molecule has 0 aliphatic carbocycles. The van der Waals surface area contributed by atoms with Crippen molar-refractivity contribution < 1.29 is 9.53 Å². The van der Waals surface area contributed by atoms with Gasteiger partial charge in [-0.25, -0.2) is 0 Å². The van der Waals surface area contributed by atoms with Gasteiger partial charge in [-0.1, -0.05) is 0 Å². The molecule has 1 aromatic heterocycles. The van der Waals surface area contributed by atoms with Crippen molar-refractivity contribution in [1.82, 2.24) is 14.6 Å². The van der Waals surface area contributed by atoms with Crippen LogP contribution in [0.2, 0.25) is 0 Å². The molecule has 1 unspecified atom stereocenters. The molecule has 4 aliphatic heterocycles. The van der Waals surface area contributed by atoms with E-state index < -0.39 is 0 Å². The quantitative estimate of drug-likeness (QED) is 0.874. The van der Waals surface area contributed by atoms with Crippen molar-refractivity contribution in [3.8, 4) is 0 Å². The topological polar surface area (TPSA) is 57.7 Å². The number of amides is 1. The molecule has 2 atom stereocenters. The van der Waals surface area contributed by atoms with Crippen molar-refractivity contribution in [2.75, 3.05) is 44.7 Å². The molecule has 2 aromatic rings. The Bertz CT molecular complexity index is 846. The number of piperidine rings is 3. The Kier molecular flexibility index (Phi) is 4.53. The summed E-state index contributed by atoms with van der Waals surface area (Å²) in [6.07, 6.45) is 3.77. The van der Waals surface area contributed by atoms with Crippen molar-refractivity contribution in [1.29, 1.82) is 0 Å². The van der Waals surface area contributed by atoms with E-state index in [1.807, 2.05) is 0 Å². The summed E-state index contributed by atoms with van der Waals surface area (Å²) in [5, 5.41) is 4.25. The second-order valence-electron chi connectivity index (χ2n) is 8.02. The average molecular weight is 387 g/mol. The maximum absolute atomic E-state index is 12.9. The molecule has 1 amide bonds. The molecule has 0 radical (unpaired) electrons. The minimum absolute atomic E-state index is 0.0367. The average Bonchev–Trinajstić information content (AvgIpc) is 3.35. The van der Waals surface area contributed by atoms with Gasteiger partial charge in [0.2, 0.25) is 0 Å². The molecule has 0 saturated carbocycles. The first-order valence-corrected chi connectivity index (χ1v) is 10.7. The van der Waals surface area contributed by atoms with Gasteiger partial charge in [-0.2, -0.15) is 4.37 Å². The predicted octanol–water partition coefficient (Wildman–Crippen LogP) is 2.35. The summed E-state index contributed by atoms with van der Waals surface area (Å²) in [4.78, 5) is 18.4. The Hall–Kier alpha value is -1.70. The van der Waals surface area contributed by atoms with Crippen molar-refractivity contribution in [3.05, 3.63) is 23.1 Å². The monoisotopic (exact) mass is 386 g/mol. The third-order valence-corrected chi connectivity index (χ3v) is 7.36. The number of aromatic nitrogens is 1. The maximum atomic E-state index is 12.9. The van der Waals surface area contributed by atoms with Crippen molar-refractivity contribution in [2.24, 2.45) is 5.92 Å². The molecule has 144 valence electrons. The van der Waals surface area contributed by atoms with Crippen LogP contribution >= 0.6 is 11.5 Å². The first-order valence-electron chi connectivity index (χ1n) is 9.91. The molecule has 4 saturated heterocycles. The van der Waals surface area contributed by atoms with E-state index in [0.717, 1.165) is 47.5 Å². The summed E-state index contributed by atoms with van der Waals surface area (Å²) in [6, 6.07) is 6.56. The second kappa shape index (κ2) is 7.04. The Labute approximate surface area is 163 Å². The van der Waals surface area contributed by atoms with Gasteiger partial charge < -0.3 is 19.9 Å². The summed E-state index contributed by atoms with van der Waals surface area (Å²) >= 11 is 1.32. The van der Waals surface area contributed by atoms with Crippen LogP contribution in [0, 0.1) is 5.92 Å². The number of nitrogens with one attached hydrogen (secondary N) is 1. The number of rotatable bonds is 4. The highest BCUT2D eigenvalue weighted by Crippen LogP contribution is 2.31. The van der Waals surface area contributed by atoms with Crippen LogP contribution in [0.1, 0.15) is 28.9 Å². The number of methoxy groups -OCH3 is 1. The molecular weight excluding hydrogens is 360 g/mol. The van der Waals surface area contributed by atoms with Crippen LogP contribution in [-0.2, 0) is 4.74 Å². The van der Waals surface area contributed by atoms with Crippen LogP contribution in [0.5, 0.6) is 0 Å². The number of ether oxygens (including phenoxy) is 1. The van der Waals surface area contributed by atoms with E-state index in [4.69, 9.17) is 4.74 Å². The van der Waals surface area contributed by atoms with Gasteiger partial charge in [-0.05, 0) is 68.0 Å². The Balaban J connectivity index is 1.33. The van der Waals surface area contributed by atoms with E-state index >= 15 is 0 Å². The van der Waals surface area contributed by atoms with E-state index in [0.29, 0.717) is 12.0 Å². The summed E-state index contributed by atoms with van der Waals surface area (Å²) in [5.41, 5.74) is 2.08. The van der Waals surface area contributed by atoms with Gasteiger partial charge in [0.05, 0.1) is 11.6 Å². The van der Waals surface area contributed by atoms with Crippen molar-refractivity contribution in [3.63, 3.8) is 0 Å². The van der Waals surface area contributed by atoms with Crippen LogP contribution < -0.4 is 10.2 Å². The smallest absolute Gasteiger partial charge is 0.263 e. The molecule has 7 heteroatoms. The van der Waals surface area contributed by atoms with Gasteiger partial charge >= 0.3 is 0 Å². The minimum atomic E-state index is 0.0367. The lowest BCUT2D eigenvalue weighted by molar-refractivity contribution is 0.0623. The first-order chi connectivity index (χ1) is 13.2.